The van der Waals surface area contributed by atoms with Gasteiger partial charge in [0.2, 0.25) is 0 Å². The van der Waals surface area contributed by atoms with Crippen LogP contribution >= 0.6 is 0 Å². The topological polar surface area (TPSA) is 31.5 Å². The smallest absolute Gasteiger partial charge is 0 e. The van der Waals surface area contributed by atoms with Gasteiger partial charge in [0, 0.05) is 35.6 Å². The van der Waals surface area contributed by atoms with Gasteiger partial charge in [-0.25, -0.2) is 0 Å². The van der Waals surface area contributed by atoms with Crippen LogP contribution < -0.4 is 0 Å². The molecule has 0 aromatic rings. The minimum atomic E-state index is 0. The van der Waals surface area contributed by atoms with Gasteiger partial charge in [0.1, 0.15) is 0 Å². The largest absolute Gasteiger partial charge is 0 e. The van der Waals surface area contributed by atoms with Gasteiger partial charge in [0.25, 0.3) is 0 Å². The van der Waals surface area contributed by atoms with Crippen molar-refractivity contribution in [2.45, 2.75) is 7.43 Å². The van der Waals surface area contributed by atoms with Crippen LogP contribution in [0.25, 0.3) is 0 Å². The maximum atomic E-state index is 0. The number of rotatable bonds is 0. The first-order valence-corrected chi connectivity index (χ1v) is 0. The van der Waals surface area contributed by atoms with Gasteiger partial charge < -0.3 is 5.48 Å². The van der Waals surface area contributed by atoms with Crippen molar-refractivity contribution in [2.75, 3.05) is 0 Å². The third-order valence-electron chi connectivity index (χ3n) is 0. The molecule has 0 aliphatic heterocycles. The fourth-order valence-corrected chi connectivity index (χ4v) is 0. The first-order chi connectivity index (χ1) is 0. The molecule has 0 saturated heterocycles. The fraction of sp³-hybridized carbons (Fsp3) is 1.00. The molecule has 0 amide bonds. The van der Waals surface area contributed by atoms with E-state index in [0.29, 0.717) is 0 Å². The first-order valence-electron chi connectivity index (χ1n) is 0. The molecule has 29 valence electrons. The molecular formula is CH11AlCaLaO. The summed E-state index contributed by atoms with van der Waals surface area (Å²) in [5.74, 6) is 0. The molecule has 4 heteroatoms. The molecule has 0 aromatic heterocycles. The maximum Gasteiger partial charge on any atom is 0 e. The minimum absolute atomic E-state index is 0. The van der Waals surface area contributed by atoms with Crippen molar-refractivity contribution in [3.8, 4) is 0 Å². The molecule has 0 aliphatic rings. The Bertz CT molecular complexity index is 11.6. The third kappa shape index (κ3) is 19.6. The summed E-state index contributed by atoms with van der Waals surface area (Å²) in [6.45, 7) is 0. The van der Waals surface area contributed by atoms with Crippen LogP contribution in [0.1, 0.15) is 7.43 Å². The molecule has 0 aromatic carbocycles. The Labute approximate surface area is 101 Å². The van der Waals surface area contributed by atoms with E-state index in [4.69, 9.17) is 0 Å². The van der Waals surface area contributed by atoms with Crippen molar-refractivity contribution in [1.82, 2.24) is 0 Å². The van der Waals surface area contributed by atoms with Gasteiger partial charge in [-0.3, -0.25) is 0 Å². The van der Waals surface area contributed by atoms with Crippen LogP contribution in [0.4, 0.5) is 0 Å². The maximum absolute atomic E-state index is 0. The normalized spacial score (nSPS) is 0. The van der Waals surface area contributed by atoms with E-state index in [-0.39, 0.29) is 104 Å². The van der Waals surface area contributed by atoms with Gasteiger partial charge in [-0.2, -0.15) is 0 Å². The summed E-state index contributed by atoms with van der Waals surface area (Å²) in [6, 6.07) is 0. The average Bonchev–Trinajstić information content (AvgIpc) is 0. The summed E-state index contributed by atoms with van der Waals surface area (Å²) in [6.07, 6.45) is 0. The molecule has 0 bridgehead atoms. The fourth-order valence-electron chi connectivity index (χ4n) is 0. The quantitative estimate of drug-likeness (QED) is 0.430. The van der Waals surface area contributed by atoms with E-state index in [9.17, 15) is 0 Å². The van der Waals surface area contributed by atoms with E-state index >= 15 is 0 Å². The van der Waals surface area contributed by atoms with Crippen LogP contribution in [0, 0.1) is 35.6 Å². The van der Waals surface area contributed by atoms with Gasteiger partial charge in [-0.15, -0.1) is 0 Å². The second-order valence-corrected chi connectivity index (χ2v) is 0. The standard InChI is InChI=1S/CH4.Al.Ca.La.H2O.5H/h1H4;;;;1H2;;;;;. The van der Waals surface area contributed by atoms with E-state index in [1.54, 1.807) is 0 Å². The minimum Gasteiger partial charge on any atom is 0 e. The van der Waals surface area contributed by atoms with Gasteiger partial charge >= 0.3 is 37.7 Å². The summed E-state index contributed by atoms with van der Waals surface area (Å²) in [7, 11) is 0. The average molecular weight is 245 g/mol. The Hall–Kier alpha value is 2.95. The Morgan fingerprint density at radius 3 is 1.00 bits per heavy atom. The summed E-state index contributed by atoms with van der Waals surface area (Å²) >= 11 is 0. The zero-order valence-electron chi connectivity index (χ0n) is 1.08. The second kappa shape index (κ2) is 28.3. The van der Waals surface area contributed by atoms with Crippen molar-refractivity contribution < 1.29 is 41.1 Å². The predicted molar refractivity (Wildman–Crippen MR) is 28.8 cm³/mol. The third-order valence-corrected chi connectivity index (χ3v) is 0. The Kier molecular flexibility index (Phi) is 250. The van der Waals surface area contributed by atoms with E-state index in [1.807, 2.05) is 0 Å². The molecule has 0 fully saturated rings. The molecule has 0 atom stereocenters. The molecular weight excluding hydrogens is 234 g/mol. The summed E-state index contributed by atoms with van der Waals surface area (Å²) in [5.41, 5.74) is 0. The SMILES string of the molecule is C.O.[AlH3].[CaH2].[La]. The Morgan fingerprint density at radius 2 is 1.00 bits per heavy atom. The Balaban J connectivity index is 0. The molecule has 1 radical (unpaired) electrons. The van der Waals surface area contributed by atoms with Crippen LogP contribution in [-0.4, -0.2) is 60.6 Å². The monoisotopic (exact) mass is 245 g/mol. The van der Waals surface area contributed by atoms with Gasteiger partial charge in [0.15, 0.2) is 17.4 Å². The molecule has 1 nitrogen and oxygen atoms in total. The van der Waals surface area contributed by atoms with Gasteiger partial charge in [0.05, 0.1) is 0 Å². The predicted octanol–water partition coefficient (Wildman–Crippen LogP) is -2.29. The van der Waals surface area contributed by atoms with Crippen LogP contribution in [0.5, 0.6) is 0 Å². The van der Waals surface area contributed by atoms with Crippen LogP contribution in [0.2, 0.25) is 0 Å². The molecule has 0 rings (SSSR count). The summed E-state index contributed by atoms with van der Waals surface area (Å²) in [4.78, 5) is 0. The van der Waals surface area contributed by atoms with Crippen molar-refractivity contribution in [3.05, 3.63) is 0 Å². The summed E-state index contributed by atoms with van der Waals surface area (Å²) < 4.78 is 0. The molecule has 5 heavy (non-hydrogen) atoms. The van der Waals surface area contributed by atoms with Gasteiger partial charge in [-0.1, -0.05) is 7.43 Å². The first kappa shape index (κ1) is 44.2. The Morgan fingerprint density at radius 1 is 1.00 bits per heavy atom. The molecule has 0 aliphatic carbocycles. The van der Waals surface area contributed by atoms with Crippen molar-refractivity contribution in [3.63, 3.8) is 0 Å². The van der Waals surface area contributed by atoms with Gasteiger partial charge in [-0.05, 0) is 0 Å². The van der Waals surface area contributed by atoms with Crippen LogP contribution in [-0.2, 0) is 0 Å². The van der Waals surface area contributed by atoms with E-state index in [1.165, 1.54) is 0 Å². The van der Waals surface area contributed by atoms with E-state index in [0.717, 1.165) is 0 Å². The number of hydrogen-bond acceptors (Lipinski definition) is 0. The van der Waals surface area contributed by atoms with E-state index in [2.05, 4.69) is 0 Å². The molecule has 0 unspecified atom stereocenters. The second-order valence-electron chi connectivity index (χ2n) is 0. The molecule has 0 heterocycles. The van der Waals surface area contributed by atoms with Crippen molar-refractivity contribution in [1.29, 1.82) is 0 Å². The van der Waals surface area contributed by atoms with Crippen molar-refractivity contribution in [2.24, 2.45) is 0 Å². The van der Waals surface area contributed by atoms with Crippen LogP contribution in [0.3, 0.4) is 0 Å². The zero-order chi connectivity index (χ0) is 0. The molecule has 2 N–H and O–H groups in total. The summed E-state index contributed by atoms with van der Waals surface area (Å²) in [5, 5.41) is 0. The number of hydrogen-bond donors (Lipinski definition) is 0. The molecule has 0 spiro atoms. The molecule has 0 saturated carbocycles. The van der Waals surface area contributed by atoms with Crippen LogP contribution in [0.15, 0.2) is 0 Å². The zero-order valence-corrected chi connectivity index (χ0v) is 4.70. The van der Waals surface area contributed by atoms with Crippen molar-refractivity contribution >= 4 is 55.1 Å². The van der Waals surface area contributed by atoms with E-state index < -0.39 is 0 Å².